The number of hydrogen-bond acceptors (Lipinski definition) is 5. The molecule has 2 aliphatic carbocycles. The predicted molar refractivity (Wildman–Crippen MR) is 129 cm³/mol. The van der Waals surface area contributed by atoms with E-state index in [9.17, 15) is 26.7 Å². The first kappa shape index (κ1) is 28.6. The lowest BCUT2D eigenvalue weighted by atomic mass is 9.99. The molecule has 1 aliphatic heterocycles. The second kappa shape index (κ2) is 12.2. The van der Waals surface area contributed by atoms with E-state index in [2.05, 4.69) is 4.98 Å². The molecule has 1 N–H and O–H groups in total. The van der Waals surface area contributed by atoms with Gasteiger partial charge < -0.3 is 19.5 Å². The molecule has 0 atom stereocenters. The number of likely N-dealkylation sites (tertiary alicyclic amines) is 1. The largest absolute Gasteiger partial charge is 0.487 e. The van der Waals surface area contributed by atoms with Crippen molar-refractivity contribution in [3.8, 4) is 11.6 Å². The number of halogens is 5. The summed E-state index contributed by atoms with van der Waals surface area (Å²) in [6.07, 6.45) is 2.81. The van der Waals surface area contributed by atoms with Crippen molar-refractivity contribution in [3.63, 3.8) is 0 Å². The Hall–Kier alpha value is -3.44. The maximum atomic E-state index is 15.0. The molecule has 2 heterocycles. The average molecular weight is 557 g/mol. The third-order valence-corrected chi connectivity index (χ3v) is 6.86. The second-order valence-corrected chi connectivity index (χ2v) is 9.89. The monoisotopic (exact) mass is 556 g/mol. The smallest absolute Gasteiger partial charge is 0.340 e. The fourth-order valence-corrected chi connectivity index (χ4v) is 4.51. The minimum Gasteiger partial charge on any atom is -0.487 e. The standard InChI is InChI=1S/C26H27F5N2O3.CH2O2/c27-22-9-17(19(15-3-4-15)11-21(22)24(34)33-7-1-2-8-33)13-35-18-10-20(16-5-6-16)23(32-12-18)36-14-26(30,31)25(28)29;2-1-3/h9-12,15-16,25H,1-8,13-14H2;1H,(H,2,3). The van der Waals surface area contributed by atoms with Crippen molar-refractivity contribution < 1.29 is 46.1 Å². The van der Waals surface area contributed by atoms with Gasteiger partial charge in [-0.3, -0.25) is 9.59 Å². The van der Waals surface area contributed by atoms with Gasteiger partial charge in [0.15, 0.2) is 6.61 Å². The lowest BCUT2D eigenvalue weighted by Crippen LogP contribution is -2.34. The zero-order chi connectivity index (χ0) is 28.2. The lowest BCUT2D eigenvalue weighted by Gasteiger charge is -2.19. The number of rotatable bonds is 10. The van der Waals surface area contributed by atoms with Crippen LogP contribution < -0.4 is 9.47 Å². The molecule has 12 heteroatoms. The van der Waals surface area contributed by atoms with E-state index in [-0.39, 0.29) is 42.3 Å². The number of ether oxygens (including phenoxy) is 2. The van der Waals surface area contributed by atoms with Crippen LogP contribution in [0, 0.1) is 5.82 Å². The van der Waals surface area contributed by atoms with E-state index in [1.807, 2.05) is 0 Å². The Morgan fingerprint density at radius 3 is 2.28 bits per heavy atom. The summed E-state index contributed by atoms with van der Waals surface area (Å²) in [7, 11) is 0. The summed E-state index contributed by atoms with van der Waals surface area (Å²) in [5, 5.41) is 6.89. The summed E-state index contributed by atoms with van der Waals surface area (Å²) < 4.78 is 77.3. The molecule has 1 saturated heterocycles. The Morgan fingerprint density at radius 1 is 1.08 bits per heavy atom. The van der Waals surface area contributed by atoms with E-state index in [1.54, 1.807) is 17.0 Å². The van der Waals surface area contributed by atoms with Crippen molar-refractivity contribution in [3.05, 3.63) is 52.5 Å². The molecule has 5 rings (SSSR count). The number of pyridine rings is 1. The van der Waals surface area contributed by atoms with Gasteiger partial charge in [0.05, 0.1) is 11.8 Å². The van der Waals surface area contributed by atoms with Gasteiger partial charge in [-0.05, 0) is 79.7 Å². The van der Waals surface area contributed by atoms with Crippen LogP contribution in [0.4, 0.5) is 22.0 Å². The number of benzene rings is 1. The number of carbonyl (C=O) groups excluding carboxylic acids is 1. The van der Waals surface area contributed by atoms with Crippen LogP contribution in [0.15, 0.2) is 24.4 Å². The maximum Gasteiger partial charge on any atom is 0.340 e. The Labute approximate surface area is 221 Å². The molecular formula is C27H29F5N2O5. The van der Waals surface area contributed by atoms with Gasteiger partial charge in [-0.25, -0.2) is 18.2 Å². The highest BCUT2D eigenvalue weighted by molar-refractivity contribution is 5.95. The van der Waals surface area contributed by atoms with Gasteiger partial charge in [0, 0.05) is 18.7 Å². The zero-order valence-electron chi connectivity index (χ0n) is 21.1. The molecule has 3 fully saturated rings. The zero-order valence-corrected chi connectivity index (χ0v) is 21.1. The summed E-state index contributed by atoms with van der Waals surface area (Å²) in [6.45, 7) is -0.407. The number of nitrogens with zero attached hydrogens (tertiary/aromatic N) is 2. The van der Waals surface area contributed by atoms with Gasteiger partial charge in [-0.2, -0.15) is 8.78 Å². The third kappa shape index (κ3) is 7.15. The third-order valence-electron chi connectivity index (χ3n) is 6.86. The minimum atomic E-state index is -4.27. The van der Waals surface area contributed by atoms with Crippen LogP contribution in [-0.2, 0) is 11.4 Å². The normalized spacial score (nSPS) is 17.0. The van der Waals surface area contributed by atoms with Crippen LogP contribution in [0.3, 0.4) is 0 Å². The number of amides is 1. The quantitative estimate of drug-likeness (QED) is 0.295. The fourth-order valence-electron chi connectivity index (χ4n) is 4.51. The molecule has 7 nitrogen and oxygen atoms in total. The summed E-state index contributed by atoms with van der Waals surface area (Å²) in [4.78, 5) is 26.9. The highest BCUT2D eigenvalue weighted by atomic mass is 19.3. The minimum absolute atomic E-state index is 0.0339. The molecule has 0 radical (unpaired) electrons. The first-order chi connectivity index (χ1) is 18.6. The molecular weight excluding hydrogens is 527 g/mol. The van der Waals surface area contributed by atoms with E-state index in [0.29, 0.717) is 30.0 Å². The van der Waals surface area contributed by atoms with Crippen molar-refractivity contribution in [1.29, 1.82) is 0 Å². The van der Waals surface area contributed by atoms with Crippen molar-refractivity contribution in [2.24, 2.45) is 0 Å². The molecule has 0 bridgehead atoms. The summed E-state index contributed by atoms with van der Waals surface area (Å²) in [5.41, 5.74) is 2.14. The Bertz CT molecular complexity index is 1180. The molecule has 2 saturated carbocycles. The Morgan fingerprint density at radius 2 is 1.69 bits per heavy atom. The van der Waals surface area contributed by atoms with Crippen molar-refractivity contribution in [2.45, 2.75) is 69.3 Å². The molecule has 2 aromatic rings. The number of hydrogen-bond donors (Lipinski definition) is 1. The SMILES string of the molecule is O=C(c1cc(C2CC2)c(COc2cnc(OCC(F)(F)C(F)F)c(C3CC3)c2)cc1F)N1CCCC1.O=CO. The molecule has 3 aliphatic rings. The number of carboxylic acid groups (broad SMARTS) is 1. The Balaban J connectivity index is 0.00000112. The van der Waals surface area contributed by atoms with Crippen LogP contribution in [0.5, 0.6) is 11.6 Å². The predicted octanol–water partition coefficient (Wildman–Crippen LogP) is 5.77. The van der Waals surface area contributed by atoms with Crippen LogP contribution in [0.25, 0.3) is 0 Å². The summed E-state index contributed by atoms with van der Waals surface area (Å²) in [5.74, 6) is -4.64. The lowest BCUT2D eigenvalue weighted by molar-refractivity contribution is -0.148. The molecule has 39 heavy (non-hydrogen) atoms. The second-order valence-electron chi connectivity index (χ2n) is 9.89. The molecule has 1 aromatic heterocycles. The highest BCUT2D eigenvalue weighted by Gasteiger charge is 2.42. The Kier molecular flexibility index (Phi) is 8.91. The van der Waals surface area contributed by atoms with Gasteiger partial charge in [0.1, 0.15) is 18.2 Å². The molecule has 0 spiro atoms. The summed E-state index contributed by atoms with van der Waals surface area (Å²) >= 11 is 0. The van der Waals surface area contributed by atoms with Gasteiger partial charge in [0.2, 0.25) is 5.88 Å². The number of carbonyl (C=O) groups is 2. The first-order valence-corrected chi connectivity index (χ1v) is 12.8. The average Bonchev–Trinajstić information content (AvgIpc) is 3.85. The fraction of sp³-hybridized carbons (Fsp3) is 0.519. The maximum absolute atomic E-state index is 15.0. The van der Waals surface area contributed by atoms with Crippen LogP contribution >= 0.6 is 0 Å². The van der Waals surface area contributed by atoms with Crippen LogP contribution in [0.1, 0.15) is 77.4 Å². The first-order valence-electron chi connectivity index (χ1n) is 12.8. The van der Waals surface area contributed by atoms with E-state index >= 15 is 0 Å². The van der Waals surface area contributed by atoms with Crippen LogP contribution in [0.2, 0.25) is 0 Å². The number of alkyl halides is 4. The van der Waals surface area contributed by atoms with E-state index < -0.39 is 24.8 Å². The topological polar surface area (TPSA) is 89.0 Å². The van der Waals surface area contributed by atoms with Crippen molar-refractivity contribution >= 4 is 12.4 Å². The number of aromatic nitrogens is 1. The van der Waals surface area contributed by atoms with Gasteiger partial charge in [0.25, 0.3) is 12.4 Å². The van der Waals surface area contributed by atoms with E-state index in [1.165, 1.54) is 12.3 Å². The van der Waals surface area contributed by atoms with E-state index in [0.717, 1.165) is 44.1 Å². The van der Waals surface area contributed by atoms with Crippen molar-refractivity contribution in [2.75, 3.05) is 19.7 Å². The molecule has 1 amide bonds. The van der Waals surface area contributed by atoms with Crippen molar-refractivity contribution in [1.82, 2.24) is 9.88 Å². The van der Waals surface area contributed by atoms with Gasteiger partial charge >= 0.3 is 12.3 Å². The van der Waals surface area contributed by atoms with Gasteiger partial charge in [-0.1, -0.05) is 0 Å². The molecule has 1 aromatic carbocycles. The van der Waals surface area contributed by atoms with Crippen LogP contribution in [-0.4, -0.2) is 59.4 Å². The highest BCUT2D eigenvalue weighted by Crippen LogP contribution is 2.46. The molecule has 212 valence electrons. The van der Waals surface area contributed by atoms with E-state index in [4.69, 9.17) is 19.4 Å². The molecule has 0 unspecified atom stereocenters. The van der Waals surface area contributed by atoms with Gasteiger partial charge in [-0.15, -0.1) is 0 Å². The summed E-state index contributed by atoms with van der Waals surface area (Å²) in [6, 6.07) is 4.62.